The third-order valence-electron chi connectivity index (χ3n) is 4.19. The van der Waals surface area contributed by atoms with Crippen molar-refractivity contribution in [3.63, 3.8) is 0 Å². The molecule has 0 saturated carbocycles. The molecule has 25 heavy (non-hydrogen) atoms. The fourth-order valence-corrected chi connectivity index (χ4v) is 3.49. The van der Waals surface area contributed by atoms with Gasteiger partial charge in [-0.2, -0.15) is 10.2 Å². The summed E-state index contributed by atoms with van der Waals surface area (Å²) in [4.78, 5) is 13.0. The number of nitrogens with zero attached hydrogens (tertiary/aromatic N) is 5. The molecule has 0 amide bonds. The Morgan fingerprint density at radius 1 is 1.36 bits per heavy atom. The zero-order valence-corrected chi connectivity index (χ0v) is 16.0. The number of benzene rings is 1. The van der Waals surface area contributed by atoms with E-state index in [9.17, 15) is 5.26 Å². The predicted octanol–water partition coefficient (Wildman–Crippen LogP) is 3.26. The molecule has 1 aliphatic rings. The summed E-state index contributed by atoms with van der Waals surface area (Å²) in [7, 11) is 3.86. The maximum atomic E-state index is 9.18. The first kappa shape index (κ1) is 17.5. The molecule has 0 radical (unpaired) electrons. The third kappa shape index (κ3) is 4.40. The molecule has 130 valence electrons. The van der Waals surface area contributed by atoms with E-state index in [-0.39, 0.29) is 0 Å². The predicted molar refractivity (Wildman–Crippen MR) is 104 cm³/mol. The molecule has 1 aromatic heterocycles. The van der Waals surface area contributed by atoms with Gasteiger partial charge in [-0.25, -0.2) is 4.98 Å². The Kier molecular flexibility index (Phi) is 5.39. The Balaban J connectivity index is 1.72. The van der Waals surface area contributed by atoms with Crippen molar-refractivity contribution in [2.45, 2.75) is 18.9 Å². The van der Waals surface area contributed by atoms with Crippen LogP contribution in [0.25, 0.3) is 0 Å². The fourth-order valence-electron chi connectivity index (χ4n) is 3.00. The average Bonchev–Trinajstić information content (AvgIpc) is 2.61. The molecule has 0 aliphatic carbocycles. The van der Waals surface area contributed by atoms with Gasteiger partial charge >= 0.3 is 0 Å². The minimum absolute atomic E-state index is 0.308. The van der Waals surface area contributed by atoms with Gasteiger partial charge in [-0.1, -0.05) is 15.9 Å². The summed E-state index contributed by atoms with van der Waals surface area (Å²) in [6, 6.07) is 10.3. The highest BCUT2D eigenvalue weighted by atomic mass is 79.9. The molecule has 1 atom stereocenters. The van der Waals surface area contributed by atoms with Crippen LogP contribution >= 0.6 is 15.9 Å². The normalized spacial score (nSPS) is 17.0. The largest absolute Gasteiger partial charge is 0.369 e. The van der Waals surface area contributed by atoms with Crippen molar-refractivity contribution in [3.8, 4) is 6.07 Å². The van der Waals surface area contributed by atoms with E-state index in [1.54, 1.807) is 6.20 Å². The summed E-state index contributed by atoms with van der Waals surface area (Å²) < 4.78 is 0.933. The van der Waals surface area contributed by atoms with Crippen LogP contribution in [-0.2, 0) is 0 Å². The third-order valence-corrected chi connectivity index (χ3v) is 4.65. The van der Waals surface area contributed by atoms with E-state index in [4.69, 9.17) is 0 Å². The monoisotopic (exact) mass is 400 g/mol. The number of rotatable bonds is 4. The van der Waals surface area contributed by atoms with E-state index >= 15 is 0 Å². The van der Waals surface area contributed by atoms with Crippen LogP contribution in [0.3, 0.4) is 0 Å². The lowest BCUT2D eigenvalue weighted by Gasteiger charge is -2.35. The summed E-state index contributed by atoms with van der Waals surface area (Å²) >= 11 is 3.50. The van der Waals surface area contributed by atoms with E-state index in [0.717, 1.165) is 41.9 Å². The summed E-state index contributed by atoms with van der Waals surface area (Å²) in [5.74, 6) is 1.54. The van der Waals surface area contributed by atoms with Crippen molar-refractivity contribution < 1.29 is 0 Å². The highest BCUT2D eigenvalue weighted by Gasteiger charge is 2.21. The van der Waals surface area contributed by atoms with Crippen molar-refractivity contribution in [1.29, 1.82) is 5.26 Å². The molecule has 0 spiro atoms. The van der Waals surface area contributed by atoms with Gasteiger partial charge in [-0.05, 0) is 37.1 Å². The lowest BCUT2D eigenvalue weighted by Crippen LogP contribution is -2.42. The molecule has 2 heterocycles. The Morgan fingerprint density at radius 3 is 2.96 bits per heavy atom. The van der Waals surface area contributed by atoms with Crippen LogP contribution in [0.15, 0.2) is 34.9 Å². The van der Waals surface area contributed by atoms with Crippen molar-refractivity contribution in [2.24, 2.45) is 0 Å². The molecule has 1 fully saturated rings. The second kappa shape index (κ2) is 7.70. The summed E-state index contributed by atoms with van der Waals surface area (Å²) in [6.07, 6.45) is 3.97. The van der Waals surface area contributed by atoms with Gasteiger partial charge < -0.3 is 15.1 Å². The van der Waals surface area contributed by atoms with Gasteiger partial charge in [-0.3, -0.25) is 0 Å². The van der Waals surface area contributed by atoms with Crippen LogP contribution < -0.4 is 15.1 Å². The molecule has 7 heteroatoms. The Bertz CT molecular complexity index is 785. The number of hydrogen-bond donors (Lipinski definition) is 1. The summed E-state index contributed by atoms with van der Waals surface area (Å²) in [5.41, 5.74) is 1.75. The van der Waals surface area contributed by atoms with Gasteiger partial charge in [0.2, 0.25) is 5.95 Å². The lowest BCUT2D eigenvalue weighted by atomic mass is 10.0. The smallest absolute Gasteiger partial charge is 0.226 e. The molecule has 2 aromatic rings. The number of halogens is 1. The Labute approximate surface area is 156 Å². The second-order valence-corrected chi connectivity index (χ2v) is 7.29. The standard InChI is InChI=1S/C18H21BrN6/c1-24(2)18-21-6-5-17(23-18)22-15-4-3-7-25(12-15)16-9-13(11-20)8-14(19)10-16/h5-6,8-10,15H,3-4,7,12H2,1-2H3,(H,21,22,23). The number of anilines is 3. The Hall–Kier alpha value is -2.33. The van der Waals surface area contributed by atoms with Crippen LogP contribution in [0.1, 0.15) is 18.4 Å². The fraction of sp³-hybridized carbons (Fsp3) is 0.389. The number of nitrogens with one attached hydrogen (secondary N) is 1. The van der Waals surface area contributed by atoms with Crippen LogP contribution in [0, 0.1) is 11.3 Å². The van der Waals surface area contributed by atoms with Crippen molar-refractivity contribution in [1.82, 2.24) is 9.97 Å². The van der Waals surface area contributed by atoms with Gasteiger partial charge in [0, 0.05) is 49.6 Å². The number of piperidine rings is 1. The van der Waals surface area contributed by atoms with E-state index in [1.807, 2.05) is 37.2 Å². The first-order chi connectivity index (χ1) is 12.0. The van der Waals surface area contributed by atoms with Gasteiger partial charge in [0.25, 0.3) is 0 Å². The summed E-state index contributed by atoms with van der Waals surface area (Å²) in [5, 5.41) is 12.7. The summed E-state index contributed by atoms with van der Waals surface area (Å²) in [6.45, 7) is 1.87. The van der Waals surface area contributed by atoms with Gasteiger partial charge in [-0.15, -0.1) is 0 Å². The molecule has 6 nitrogen and oxygen atoms in total. The van der Waals surface area contributed by atoms with Crippen LogP contribution in [-0.4, -0.2) is 43.2 Å². The van der Waals surface area contributed by atoms with E-state index in [2.05, 4.69) is 48.3 Å². The van der Waals surface area contributed by atoms with Crippen LogP contribution in [0.4, 0.5) is 17.5 Å². The zero-order valence-electron chi connectivity index (χ0n) is 14.4. The first-order valence-corrected chi connectivity index (χ1v) is 9.07. The topological polar surface area (TPSA) is 68.1 Å². The molecule has 3 rings (SSSR count). The first-order valence-electron chi connectivity index (χ1n) is 8.27. The number of aromatic nitrogens is 2. The van der Waals surface area contributed by atoms with Crippen molar-refractivity contribution in [3.05, 3.63) is 40.5 Å². The molecule has 1 aromatic carbocycles. The number of nitriles is 1. The Morgan fingerprint density at radius 2 is 2.20 bits per heavy atom. The van der Waals surface area contributed by atoms with Gasteiger partial charge in [0.1, 0.15) is 5.82 Å². The molecular formula is C18H21BrN6. The van der Waals surface area contributed by atoms with Crippen LogP contribution in [0.5, 0.6) is 0 Å². The van der Waals surface area contributed by atoms with Gasteiger partial charge in [0.05, 0.1) is 11.6 Å². The molecule has 1 unspecified atom stereocenters. The minimum Gasteiger partial charge on any atom is -0.369 e. The lowest BCUT2D eigenvalue weighted by molar-refractivity contribution is 0.529. The molecule has 1 N–H and O–H groups in total. The van der Waals surface area contributed by atoms with Crippen molar-refractivity contribution in [2.75, 3.05) is 42.3 Å². The van der Waals surface area contributed by atoms with Crippen LogP contribution in [0.2, 0.25) is 0 Å². The highest BCUT2D eigenvalue weighted by molar-refractivity contribution is 9.10. The SMILES string of the molecule is CN(C)c1nccc(NC2CCCN(c3cc(Br)cc(C#N)c3)C2)n1. The van der Waals surface area contributed by atoms with E-state index < -0.39 is 0 Å². The molecular weight excluding hydrogens is 380 g/mol. The minimum atomic E-state index is 0.308. The second-order valence-electron chi connectivity index (χ2n) is 6.38. The molecule has 1 aliphatic heterocycles. The quantitative estimate of drug-likeness (QED) is 0.849. The van der Waals surface area contributed by atoms with E-state index in [1.165, 1.54) is 0 Å². The van der Waals surface area contributed by atoms with Crippen molar-refractivity contribution >= 4 is 33.4 Å². The van der Waals surface area contributed by atoms with E-state index in [0.29, 0.717) is 17.6 Å². The molecule has 0 bridgehead atoms. The molecule has 1 saturated heterocycles. The zero-order chi connectivity index (χ0) is 17.8. The maximum Gasteiger partial charge on any atom is 0.226 e. The maximum absolute atomic E-state index is 9.18. The average molecular weight is 401 g/mol. The number of hydrogen-bond acceptors (Lipinski definition) is 6. The highest BCUT2D eigenvalue weighted by Crippen LogP contribution is 2.26. The van der Waals surface area contributed by atoms with Gasteiger partial charge in [0.15, 0.2) is 0 Å².